The molecule has 2 nitrogen and oxygen atoms in total. The van der Waals surface area contributed by atoms with Crippen molar-refractivity contribution in [3.8, 4) is 0 Å². The quantitative estimate of drug-likeness (QED) is 0.686. The average Bonchev–Trinajstić information content (AvgIpc) is 2.56. The molecule has 0 aromatic rings. The van der Waals surface area contributed by atoms with Crippen LogP contribution in [0.5, 0.6) is 0 Å². The monoisotopic (exact) mass is 271 g/mol. The van der Waals surface area contributed by atoms with Crippen molar-refractivity contribution in [2.45, 2.75) is 12.8 Å². The van der Waals surface area contributed by atoms with Crippen molar-refractivity contribution in [3.63, 3.8) is 0 Å². The lowest BCUT2D eigenvalue weighted by molar-refractivity contribution is 0.0809. The van der Waals surface area contributed by atoms with Gasteiger partial charge in [-0.25, -0.2) is 8.78 Å². The fraction of sp³-hybridized carbons (Fsp3) is 1.00. The van der Waals surface area contributed by atoms with Gasteiger partial charge in [-0.2, -0.15) is 0 Å². The van der Waals surface area contributed by atoms with E-state index in [1.807, 2.05) is 0 Å². The zero-order chi connectivity index (χ0) is 10.4. The van der Waals surface area contributed by atoms with E-state index >= 15 is 0 Å². The Balaban J connectivity index is 2.25. The smallest absolute Gasteiger partial charge is 0.251 e. The van der Waals surface area contributed by atoms with E-state index in [-0.39, 0.29) is 6.54 Å². The fourth-order valence-electron chi connectivity index (χ4n) is 1.66. The number of ether oxygens (including phenoxy) is 1. The van der Waals surface area contributed by atoms with Gasteiger partial charge in [0, 0.05) is 25.0 Å². The molecule has 1 fully saturated rings. The molecule has 0 saturated carbocycles. The van der Waals surface area contributed by atoms with Crippen molar-refractivity contribution >= 4 is 15.9 Å². The highest BCUT2D eigenvalue weighted by Gasteiger charge is 2.20. The Morgan fingerprint density at radius 2 is 2.29 bits per heavy atom. The molecule has 0 aromatic heterocycles. The van der Waals surface area contributed by atoms with E-state index in [4.69, 9.17) is 4.74 Å². The number of hydrogen-bond donors (Lipinski definition) is 0. The Hall–Kier alpha value is 0.260. The van der Waals surface area contributed by atoms with Gasteiger partial charge in [0.1, 0.15) is 0 Å². The largest absolute Gasteiger partial charge is 0.381 e. The third-order valence-corrected chi connectivity index (χ3v) is 2.69. The minimum atomic E-state index is -2.24. The first-order chi connectivity index (χ1) is 6.72. The number of alkyl halides is 3. The van der Waals surface area contributed by atoms with Gasteiger partial charge in [0.05, 0.1) is 13.2 Å². The van der Waals surface area contributed by atoms with Crippen molar-refractivity contribution in [1.82, 2.24) is 4.90 Å². The van der Waals surface area contributed by atoms with Gasteiger partial charge >= 0.3 is 0 Å². The topological polar surface area (TPSA) is 12.5 Å². The Labute approximate surface area is 91.7 Å². The molecule has 0 radical (unpaired) electrons. The first-order valence-electron chi connectivity index (χ1n) is 4.86. The van der Waals surface area contributed by atoms with Crippen LogP contribution in [0.1, 0.15) is 6.42 Å². The van der Waals surface area contributed by atoms with E-state index in [1.54, 1.807) is 4.90 Å². The summed E-state index contributed by atoms with van der Waals surface area (Å²) < 4.78 is 29.6. The maximum atomic E-state index is 12.2. The summed E-state index contributed by atoms with van der Waals surface area (Å²) >= 11 is 3.27. The van der Waals surface area contributed by atoms with Crippen LogP contribution < -0.4 is 0 Å². The highest BCUT2D eigenvalue weighted by molar-refractivity contribution is 9.09. The molecule has 5 heteroatoms. The molecule has 1 heterocycles. The maximum absolute atomic E-state index is 12.2. The summed E-state index contributed by atoms with van der Waals surface area (Å²) in [6.45, 7) is 2.79. The zero-order valence-electron chi connectivity index (χ0n) is 8.09. The Morgan fingerprint density at radius 1 is 1.50 bits per heavy atom. The van der Waals surface area contributed by atoms with Crippen LogP contribution in [0, 0.1) is 5.92 Å². The SMILES string of the molecule is FC(F)CN(CCBr)CC1CCOC1. The van der Waals surface area contributed by atoms with Gasteiger partial charge < -0.3 is 4.74 Å². The van der Waals surface area contributed by atoms with Gasteiger partial charge in [-0.3, -0.25) is 4.90 Å². The Kier molecular flexibility index (Phi) is 5.89. The first-order valence-corrected chi connectivity index (χ1v) is 5.98. The third kappa shape index (κ3) is 4.66. The van der Waals surface area contributed by atoms with Gasteiger partial charge in [-0.05, 0) is 12.3 Å². The van der Waals surface area contributed by atoms with Crippen LogP contribution in [-0.4, -0.2) is 49.5 Å². The van der Waals surface area contributed by atoms with Crippen molar-refractivity contribution in [2.75, 3.05) is 38.2 Å². The molecule has 0 bridgehead atoms. The second kappa shape index (κ2) is 6.69. The minimum absolute atomic E-state index is 0.123. The highest BCUT2D eigenvalue weighted by atomic mass is 79.9. The highest BCUT2D eigenvalue weighted by Crippen LogP contribution is 2.14. The van der Waals surface area contributed by atoms with Gasteiger partial charge in [0.15, 0.2) is 0 Å². The van der Waals surface area contributed by atoms with Crippen molar-refractivity contribution in [2.24, 2.45) is 5.92 Å². The lowest BCUT2D eigenvalue weighted by Crippen LogP contribution is -2.35. The zero-order valence-corrected chi connectivity index (χ0v) is 9.68. The van der Waals surface area contributed by atoms with E-state index in [1.165, 1.54) is 0 Å². The fourth-order valence-corrected chi connectivity index (χ4v) is 2.17. The first kappa shape index (κ1) is 12.3. The average molecular weight is 272 g/mol. The van der Waals surface area contributed by atoms with Gasteiger partial charge in [-0.15, -0.1) is 0 Å². The van der Waals surface area contributed by atoms with E-state index < -0.39 is 6.43 Å². The maximum Gasteiger partial charge on any atom is 0.251 e. The minimum Gasteiger partial charge on any atom is -0.381 e. The molecule has 14 heavy (non-hydrogen) atoms. The molecule has 1 rings (SSSR count). The summed E-state index contributed by atoms with van der Waals surface area (Å²) in [6.07, 6.45) is -1.24. The standard InChI is InChI=1S/C9H16BrF2NO/c10-2-3-13(6-9(11)12)5-8-1-4-14-7-8/h8-9H,1-7H2. The normalized spacial score (nSPS) is 22.5. The van der Waals surface area contributed by atoms with Crippen LogP contribution in [0.2, 0.25) is 0 Å². The molecule has 0 N–H and O–H groups in total. The predicted octanol–water partition coefficient (Wildman–Crippen LogP) is 1.98. The van der Waals surface area contributed by atoms with Gasteiger partial charge in [-0.1, -0.05) is 15.9 Å². The van der Waals surface area contributed by atoms with E-state index in [2.05, 4.69) is 15.9 Å². The van der Waals surface area contributed by atoms with Crippen LogP contribution in [0.4, 0.5) is 8.78 Å². The van der Waals surface area contributed by atoms with Crippen LogP contribution in [0.15, 0.2) is 0 Å². The molecule has 0 aromatic carbocycles. The van der Waals surface area contributed by atoms with Crippen LogP contribution in [0.25, 0.3) is 0 Å². The predicted molar refractivity (Wildman–Crippen MR) is 55.2 cm³/mol. The van der Waals surface area contributed by atoms with Crippen molar-refractivity contribution in [3.05, 3.63) is 0 Å². The summed E-state index contributed by atoms with van der Waals surface area (Å²) in [5.74, 6) is 0.438. The Bertz CT molecular complexity index is 154. The summed E-state index contributed by atoms with van der Waals surface area (Å²) in [7, 11) is 0. The molecular weight excluding hydrogens is 256 g/mol. The van der Waals surface area contributed by atoms with E-state index in [0.717, 1.165) is 31.5 Å². The molecule has 84 valence electrons. The third-order valence-electron chi connectivity index (χ3n) is 2.34. The molecule has 1 unspecified atom stereocenters. The molecule has 1 saturated heterocycles. The molecule has 0 amide bonds. The van der Waals surface area contributed by atoms with Crippen molar-refractivity contribution in [1.29, 1.82) is 0 Å². The lowest BCUT2D eigenvalue weighted by atomic mass is 10.1. The van der Waals surface area contributed by atoms with Crippen molar-refractivity contribution < 1.29 is 13.5 Å². The summed E-state index contributed by atoms with van der Waals surface area (Å²) in [6, 6.07) is 0. The number of hydrogen-bond acceptors (Lipinski definition) is 2. The molecule has 0 aliphatic carbocycles. The van der Waals surface area contributed by atoms with Crippen LogP contribution in [-0.2, 0) is 4.74 Å². The summed E-state index contributed by atoms with van der Waals surface area (Å²) in [4.78, 5) is 1.80. The van der Waals surface area contributed by atoms with Gasteiger partial charge in [0.25, 0.3) is 6.43 Å². The number of rotatable bonds is 6. The van der Waals surface area contributed by atoms with Crippen LogP contribution in [0.3, 0.4) is 0 Å². The molecule has 1 aliphatic rings. The van der Waals surface area contributed by atoms with Gasteiger partial charge in [0.2, 0.25) is 0 Å². The number of halogens is 3. The Morgan fingerprint density at radius 3 is 2.79 bits per heavy atom. The molecule has 1 aliphatic heterocycles. The molecule has 0 spiro atoms. The van der Waals surface area contributed by atoms with E-state index in [0.29, 0.717) is 12.5 Å². The summed E-state index contributed by atoms with van der Waals surface area (Å²) in [5.41, 5.74) is 0. The molecule has 1 atom stereocenters. The molecular formula is C9H16BrF2NO. The second-order valence-corrected chi connectivity index (χ2v) is 4.36. The summed E-state index contributed by atoms with van der Waals surface area (Å²) in [5, 5.41) is 0.743. The van der Waals surface area contributed by atoms with Crippen LogP contribution >= 0.6 is 15.9 Å². The lowest BCUT2D eigenvalue weighted by Gasteiger charge is -2.23. The van der Waals surface area contributed by atoms with E-state index in [9.17, 15) is 8.78 Å². The second-order valence-electron chi connectivity index (χ2n) is 3.57. The number of nitrogens with zero attached hydrogens (tertiary/aromatic N) is 1.